The van der Waals surface area contributed by atoms with Gasteiger partial charge in [0.05, 0.1) is 0 Å². The lowest BCUT2D eigenvalue weighted by Crippen LogP contribution is -2.14. The molecule has 1 aliphatic rings. The number of nitrogens with zero attached hydrogens (tertiary/aromatic N) is 1. The van der Waals surface area contributed by atoms with Gasteiger partial charge < -0.3 is 5.32 Å². The summed E-state index contributed by atoms with van der Waals surface area (Å²) in [6, 6.07) is 0. The molecule has 62 valence electrons. The van der Waals surface area contributed by atoms with E-state index in [1.54, 1.807) is 11.8 Å². The van der Waals surface area contributed by atoms with Gasteiger partial charge in [-0.05, 0) is 6.42 Å². The van der Waals surface area contributed by atoms with E-state index >= 15 is 0 Å². The van der Waals surface area contributed by atoms with Crippen molar-refractivity contribution in [3.63, 3.8) is 0 Å². The first-order chi connectivity index (χ1) is 5.33. The summed E-state index contributed by atoms with van der Waals surface area (Å²) in [6.45, 7) is 2.91. The Bertz CT molecular complexity index is 171. The Balaban J connectivity index is 2.36. The van der Waals surface area contributed by atoms with Crippen LogP contribution in [-0.2, 0) is 4.79 Å². The molecule has 0 aliphatic carbocycles. The van der Waals surface area contributed by atoms with Crippen LogP contribution >= 0.6 is 11.8 Å². The highest BCUT2D eigenvalue weighted by atomic mass is 32.2. The quantitative estimate of drug-likeness (QED) is 0.675. The number of thioether (sulfide) groups is 1. The van der Waals surface area contributed by atoms with Gasteiger partial charge in [-0.3, -0.25) is 4.79 Å². The molecule has 1 fully saturated rings. The summed E-state index contributed by atoms with van der Waals surface area (Å²) in [5, 5.41) is 3.83. The van der Waals surface area contributed by atoms with Crippen LogP contribution in [0, 0.1) is 0 Å². The number of nitrogens with one attached hydrogen (secondary N) is 1. The molecule has 4 heteroatoms. The molecule has 0 radical (unpaired) electrons. The smallest absolute Gasteiger partial charge is 0.248 e. The number of hydrogen-bond acceptors (Lipinski definition) is 2. The highest BCUT2D eigenvalue weighted by molar-refractivity contribution is 8.14. The van der Waals surface area contributed by atoms with Crippen molar-refractivity contribution < 1.29 is 4.79 Å². The van der Waals surface area contributed by atoms with Crippen molar-refractivity contribution in [1.82, 2.24) is 5.32 Å². The Morgan fingerprint density at radius 3 is 3.18 bits per heavy atom. The van der Waals surface area contributed by atoms with Gasteiger partial charge in [-0.1, -0.05) is 18.7 Å². The van der Waals surface area contributed by atoms with Crippen molar-refractivity contribution >= 4 is 22.8 Å². The van der Waals surface area contributed by atoms with Gasteiger partial charge in [0.2, 0.25) is 5.91 Å². The summed E-state index contributed by atoms with van der Waals surface area (Å²) < 4.78 is 0. The van der Waals surface area contributed by atoms with Gasteiger partial charge in [-0.15, -0.1) is 0 Å². The van der Waals surface area contributed by atoms with Crippen LogP contribution in [0.5, 0.6) is 0 Å². The zero-order valence-corrected chi connectivity index (χ0v) is 7.41. The van der Waals surface area contributed by atoms with E-state index in [-0.39, 0.29) is 5.91 Å². The molecule has 1 aliphatic heterocycles. The molecule has 1 saturated heterocycles. The van der Waals surface area contributed by atoms with Crippen molar-refractivity contribution in [2.75, 3.05) is 12.3 Å². The van der Waals surface area contributed by atoms with E-state index in [0.29, 0.717) is 6.42 Å². The molecule has 0 aromatic carbocycles. The van der Waals surface area contributed by atoms with E-state index < -0.39 is 0 Å². The first-order valence-corrected chi connectivity index (χ1v) is 4.79. The maximum Gasteiger partial charge on any atom is 0.248 e. The van der Waals surface area contributed by atoms with Gasteiger partial charge in [0.25, 0.3) is 0 Å². The molecule has 1 N–H and O–H groups in total. The first-order valence-electron chi connectivity index (χ1n) is 3.81. The third kappa shape index (κ3) is 2.93. The number of carbonyl (C=O) groups excluding carboxylic acids is 1. The Morgan fingerprint density at radius 2 is 2.64 bits per heavy atom. The lowest BCUT2D eigenvalue weighted by molar-refractivity contribution is -0.117. The van der Waals surface area contributed by atoms with Crippen LogP contribution in [0.2, 0.25) is 0 Å². The second-order valence-corrected chi connectivity index (χ2v) is 3.42. The van der Waals surface area contributed by atoms with Gasteiger partial charge in [0.15, 0.2) is 5.17 Å². The zero-order valence-electron chi connectivity index (χ0n) is 6.59. The standard InChI is InChI=1S/C7H12N2OS/c1-2-3-6(10)9-7-8-4-5-11-7/h2-5H2,1H3,(H,8,9,10). The first kappa shape index (κ1) is 8.59. The molecule has 0 aromatic heterocycles. The topological polar surface area (TPSA) is 41.5 Å². The Morgan fingerprint density at radius 1 is 1.82 bits per heavy atom. The molecule has 0 atom stereocenters. The second-order valence-electron chi connectivity index (χ2n) is 2.34. The number of amidine groups is 1. The number of amides is 1. The summed E-state index contributed by atoms with van der Waals surface area (Å²) in [4.78, 5) is 14.9. The van der Waals surface area contributed by atoms with Gasteiger partial charge in [-0.2, -0.15) is 4.99 Å². The van der Waals surface area contributed by atoms with E-state index in [1.807, 2.05) is 6.92 Å². The molecular formula is C7H12N2OS. The molecule has 1 rings (SSSR count). The van der Waals surface area contributed by atoms with Gasteiger partial charge >= 0.3 is 0 Å². The molecule has 0 aromatic rings. The normalized spacial score (nSPS) is 20.3. The molecule has 3 nitrogen and oxygen atoms in total. The highest BCUT2D eigenvalue weighted by Crippen LogP contribution is 2.07. The van der Waals surface area contributed by atoms with Crippen molar-refractivity contribution in [3.05, 3.63) is 0 Å². The van der Waals surface area contributed by atoms with Crippen molar-refractivity contribution in [2.24, 2.45) is 4.99 Å². The summed E-state index contributed by atoms with van der Waals surface area (Å²) in [7, 11) is 0. The SMILES string of the molecule is CCCC(=O)N=C1NCCS1. The fourth-order valence-electron chi connectivity index (χ4n) is 0.812. The van der Waals surface area contributed by atoms with Gasteiger partial charge in [-0.25, -0.2) is 0 Å². The number of aliphatic imine (C=N–C) groups is 1. The van der Waals surface area contributed by atoms with Crippen LogP contribution in [0.1, 0.15) is 19.8 Å². The second kappa shape index (κ2) is 4.38. The fourth-order valence-corrected chi connectivity index (χ4v) is 1.58. The van der Waals surface area contributed by atoms with Crippen LogP contribution < -0.4 is 5.32 Å². The maximum atomic E-state index is 11.0. The number of carbonyl (C=O) groups is 1. The average molecular weight is 172 g/mol. The maximum absolute atomic E-state index is 11.0. The molecule has 1 amide bonds. The zero-order chi connectivity index (χ0) is 8.10. The summed E-state index contributed by atoms with van der Waals surface area (Å²) in [5.41, 5.74) is 0. The van der Waals surface area contributed by atoms with Crippen LogP contribution in [0.15, 0.2) is 4.99 Å². The average Bonchev–Trinajstić information content (AvgIpc) is 2.40. The fraction of sp³-hybridized carbons (Fsp3) is 0.714. The lowest BCUT2D eigenvalue weighted by atomic mass is 10.3. The lowest BCUT2D eigenvalue weighted by Gasteiger charge is -1.94. The minimum atomic E-state index is -0.00981. The van der Waals surface area contributed by atoms with Crippen LogP contribution in [0.3, 0.4) is 0 Å². The predicted molar refractivity (Wildman–Crippen MR) is 47.8 cm³/mol. The van der Waals surface area contributed by atoms with Crippen molar-refractivity contribution in [3.8, 4) is 0 Å². The van der Waals surface area contributed by atoms with Crippen LogP contribution in [0.4, 0.5) is 0 Å². The Labute approximate surface area is 70.7 Å². The molecule has 11 heavy (non-hydrogen) atoms. The predicted octanol–water partition coefficient (Wildman–Crippen LogP) is 1.01. The largest absolute Gasteiger partial charge is 0.364 e. The summed E-state index contributed by atoms with van der Waals surface area (Å²) >= 11 is 1.61. The highest BCUT2D eigenvalue weighted by Gasteiger charge is 2.08. The molecule has 0 unspecified atom stereocenters. The van der Waals surface area contributed by atoms with E-state index in [2.05, 4.69) is 10.3 Å². The van der Waals surface area contributed by atoms with E-state index in [9.17, 15) is 4.79 Å². The van der Waals surface area contributed by atoms with E-state index in [1.165, 1.54) is 0 Å². The van der Waals surface area contributed by atoms with Gasteiger partial charge in [0, 0.05) is 18.7 Å². The Kier molecular flexibility index (Phi) is 3.42. The van der Waals surface area contributed by atoms with Crippen molar-refractivity contribution in [2.45, 2.75) is 19.8 Å². The van der Waals surface area contributed by atoms with Crippen LogP contribution in [0.25, 0.3) is 0 Å². The molecule has 0 saturated carbocycles. The minimum Gasteiger partial charge on any atom is -0.364 e. The van der Waals surface area contributed by atoms with E-state index in [4.69, 9.17) is 0 Å². The molecule has 1 heterocycles. The summed E-state index contributed by atoms with van der Waals surface area (Å²) in [5.74, 6) is 1.02. The third-order valence-corrected chi connectivity index (χ3v) is 2.22. The number of rotatable bonds is 2. The Hall–Kier alpha value is -0.510. The molecule has 0 bridgehead atoms. The molecular weight excluding hydrogens is 160 g/mol. The summed E-state index contributed by atoms with van der Waals surface area (Å²) in [6.07, 6.45) is 1.44. The monoisotopic (exact) mass is 172 g/mol. The van der Waals surface area contributed by atoms with Gasteiger partial charge in [0.1, 0.15) is 0 Å². The number of hydrogen-bond donors (Lipinski definition) is 1. The van der Waals surface area contributed by atoms with Crippen molar-refractivity contribution in [1.29, 1.82) is 0 Å². The minimum absolute atomic E-state index is 0.00981. The van der Waals surface area contributed by atoms with Crippen LogP contribution in [-0.4, -0.2) is 23.4 Å². The molecule has 0 spiro atoms. The third-order valence-electron chi connectivity index (χ3n) is 1.31. The van der Waals surface area contributed by atoms with E-state index in [0.717, 1.165) is 23.9 Å².